The number of ether oxygens (including phenoxy) is 1. The number of carbonyl (C=O) groups excluding carboxylic acids is 1. The average Bonchev–Trinajstić information content (AvgIpc) is 2.67. The van der Waals surface area contributed by atoms with Gasteiger partial charge in [-0.3, -0.25) is 4.79 Å². The van der Waals surface area contributed by atoms with Crippen molar-refractivity contribution in [3.63, 3.8) is 0 Å². The van der Waals surface area contributed by atoms with E-state index in [9.17, 15) is 26.4 Å². The second kappa shape index (κ2) is 8.54. The Morgan fingerprint density at radius 1 is 1.03 bits per heavy atom. The third-order valence-corrected chi connectivity index (χ3v) is 6.45. The van der Waals surface area contributed by atoms with Crippen LogP contribution in [0.5, 0.6) is 0 Å². The Kier molecular flexibility index (Phi) is 6.74. The Hall–Kier alpha value is -2.39. The molecule has 5 nitrogen and oxygen atoms in total. The predicted octanol–water partition coefficient (Wildman–Crippen LogP) is 4.09. The first-order valence-corrected chi connectivity index (χ1v) is 10.4. The van der Waals surface area contributed by atoms with Crippen LogP contribution >= 0.6 is 0 Å². The normalized spacial score (nSPS) is 14.3. The van der Waals surface area contributed by atoms with Crippen molar-refractivity contribution < 1.29 is 31.1 Å². The number of alkyl halides is 3. The zero-order valence-corrected chi connectivity index (χ0v) is 17.0. The van der Waals surface area contributed by atoms with Gasteiger partial charge in [0.25, 0.3) is 0 Å². The number of sulfone groups is 1. The monoisotopic (exact) mass is 429 g/mol. The Balaban J connectivity index is 2.06. The van der Waals surface area contributed by atoms with E-state index in [1.807, 2.05) is 0 Å². The Morgan fingerprint density at radius 2 is 1.59 bits per heavy atom. The fourth-order valence-electron chi connectivity index (χ4n) is 2.64. The van der Waals surface area contributed by atoms with Crippen LogP contribution in [0.25, 0.3) is 0 Å². The van der Waals surface area contributed by atoms with Gasteiger partial charge in [-0.05, 0) is 42.3 Å². The van der Waals surface area contributed by atoms with Gasteiger partial charge in [-0.15, -0.1) is 0 Å². The van der Waals surface area contributed by atoms with Crippen molar-refractivity contribution in [3.05, 3.63) is 59.7 Å². The van der Waals surface area contributed by atoms with Crippen molar-refractivity contribution in [2.75, 3.05) is 18.2 Å². The van der Waals surface area contributed by atoms with Gasteiger partial charge in [0.2, 0.25) is 5.91 Å². The van der Waals surface area contributed by atoms with Gasteiger partial charge in [-0.1, -0.05) is 31.2 Å². The quantitative estimate of drug-likeness (QED) is 0.720. The number of methoxy groups -OCH3 is 1. The van der Waals surface area contributed by atoms with E-state index in [0.29, 0.717) is 11.3 Å². The molecule has 2 aromatic carbocycles. The maximum Gasteiger partial charge on any atom is 0.421 e. The molecule has 0 saturated carbocycles. The smallest absolute Gasteiger partial charge is 0.364 e. The number of anilines is 1. The van der Waals surface area contributed by atoms with Gasteiger partial charge < -0.3 is 10.1 Å². The first-order chi connectivity index (χ1) is 13.4. The molecule has 0 aromatic heterocycles. The summed E-state index contributed by atoms with van der Waals surface area (Å²) >= 11 is 0. The van der Waals surface area contributed by atoms with Gasteiger partial charge in [-0.25, -0.2) is 8.42 Å². The summed E-state index contributed by atoms with van der Waals surface area (Å²) in [4.78, 5) is 12.4. The van der Waals surface area contributed by atoms with Crippen LogP contribution in [0.15, 0.2) is 53.4 Å². The summed E-state index contributed by atoms with van der Waals surface area (Å²) in [6, 6.07) is 11.2. The second-order valence-electron chi connectivity index (χ2n) is 6.58. The molecule has 0 bridgehead atoms. The van der Waals surface area contributed by atoms with Crippen molar-refractivity contribution in [1.82, 2.24) is 0 Å². The Bertz CT molecular complexity index is 955. The highest BCUT2D eigenvalue weighted by Crippen LogP contribution is 2.41. The molecule has 0 aliphatic carbocycles. The minimum atomic E-state index is -4.59. The highest BCUT2D eigenvalue weighted by atomic mass is 32.2. The van der Waals surface area contributed by atoms with E-state index >= 15 is 0 Å². The molecule has 0 aliphatic heterocycles. The van der Waals surface area contributed by atoms with Crippen LogP contribution in [-0.2, 0) is 31.4 Å². The van der Waals surface area contributed by atoms with Crippen molar-refractivity contribution in [2.24, 2.45) is 0 Å². The van der Waals surface area contributed by atoms with Crippen LogP contribution < -0.4 is 5.32 Å². The summed E-state index contributed by atoms with van der Waals surface area (Å²) in [6.45, 7) is 2.48. The number of carbonyl (C=O) groups is 1. The van der Waals surface area contributed by atoms with Gasteiger partial charge in [0.1, 0.15) is 0 Å². The Morgan fingerprint density at radius 3 is 2.03 bits per heavy atom. The lowest BCUT2D eigenvalue weighted by Crippen LogP contribution is -2.41. The zero-order chi connectivity index (χ0) is 21.9. The van der Waals surface area contributed by atoms with Crippen LogP contribution in [0, 0.1) is 0 Å². The van der Waals surface area contributed by atoms with E-state index in [4.69, 9.17) is 0 Å². The zero-order valence-electron chi connectivity index (χ0n) is 16.2. The summed E-state index contributed by atoms with van der Waals surface area (Å²) in [5, 5.41) is 2.60. The maximum atomic E-state index is 13.2. The SMILES string of the molecule is CCS(=O)(=O)c1ccc(CC(=O)Nc2ccc(C(C)(OC)C(F)(F)F)cc2)cc1. The molecule has 158 valence electrons. The number of benzene rings is 2. The highest BCUT2D eigenvalue weighted by Gasteiger charge is 2.53. The van der Waals surface area contributed by atoms with Crippen LogP contribution in [-0.4, -0.2) is 33.4 Å². The number of hydrogen-bond donors (Lipinski definition) is 1. The summed E-state index contributed by atoms with van der Waals surface area (Å²) in [6.07, 6.45) is -4.60. The lowest BCUT2D eigenvalue weighted by atomic mass is 9.95. The number of halogens is 3. The summed E-state index contributed by atoms with van der Waals surface area (Å²) in [5.74, 6) is -0.395. The fraction of sp³-hybridized carbons (Fsp3) is 0.350. The van der Waals surface area contributed by atoms with Gasteiger partial charge in [0, 0.05) is 12.8 Å². The molecule has 29 heavy (non-hydrogen) atoms. The molecule has 0 fully saturated rings. The molecule has 1 unspecified atom stereocenters. The van der Waals surface area contributed by atoms with Crippen molar-refractivity contribution >= 4 is 21.4 Å². The lowest BCUT2D eigenvalue weighted by Gasteiger charge is -2.31. The van der Waals surface area contributed by atoms with Gasteiger partial charge in [0.15, 0.2) is 15.4 Å². The van der Waals surface area contributed by atoms with Crippen molar-refractivity contribution in [3.8, 4) is 0 Å². The molecular weight excluding hydrogens is 407 g/mol. The summed E-state index contributed by atoms with van der Waals surface area (Å²) in [7, 11) is -2.33. The van der Waals surface area contributed by atoms with Crippen LogP contribution in [0.4, 0.5) is 18.9 Å². The first kappa shape index (κ1) is 22.9. The third-order valence-electron chi connectivity index (χ3n) is 4.70. The second-order valence-corrected chi connectivity index (χ2v) is 8.86. The fourth-order valence-corrected chi connectivity index (χ4v) is 3.52. The number of nitrogens with one attached hydrogen (secondary N) is 1. The Labute approximate surface area is 167 Å². The third kappa shape index (κ3) is 5.16. The molecular formula is C20H22F3NO4S. The molecule has 2 rings (SSSR count). The molecule has 0 radical (unpaired) electrons. The molecule has 1 N–H and O–H groups in total. The first-order valence-electron chi connectivity index (χ1n) is 8.77. The number of hydrogen-bond acceptors (Lipinski definition) is 4. The average molecular weight is 429 g/mol. The van der Waals surface area contributed by atoms with E-state index < -0.39 is 21.6 Å². The molecule has 1 amide bonds. The lowest BCUT2D eigenvalue weighted by molar-refractivity contribution is -0.269. The van der Waals surface area contributed by atoms with E-state index in [2.05, 4.69) is 10.1 Å². The molecule has 0 spiro atoms. The minimum absolute atomic E-state index is 0.00740. The predicted molar refractivity (Wildman–Crippen MR) is 103 cm³/mol. The summed E-state index contributed by atoms with van der Waals surface area (Å²) in [5.41, 5.74) is -1.59. The van der Waals surface area contributed by atoms with Crippen LogP contribution in [0.3, 0.4) is 0 Å². The topological polar surface area (TPSA) is 72.5 Å². The van der Waals surface area contributed by atoms with E-state index in [0.717, 1.165) is 14.0 Å². The molecule has 0 heterocycles. The number of amides is 1. The molecule has 0 saturated heterocycles. The number of rotatable bonds is 7. The molecule has 1 atom stereocenters. The highest BCUT2D eigenvalue weighted by molar-refractivity contribution is 7.91. The van der Waals surface area contributed by atoms with Gasteiger partial charge >= 0.3 is 6.18 Å². The van der Waals surface area contributed by atoms with Crippen molar-refractivity contribution in [2.45, 2.75) is 36.9 Å². The standard InChI is InChI=1S/C20H22F3NO4S/c1-4-29(26,27)17-11-5-14(6-12-17)13-18(25)24-16-9-7-15(8-10-16)19(2,28-3)20(21,22)23/h5-12H,4,13H2,1-3H3,(H,24,25). The van der Waals surface area contributed by atoms with Crippen LogP contribution in [0.1, 0.15) is 25.0 Å². The maximum absolute atomic E-state index is 13.2. The van der Waals surface area contributed by atoms with Gasteiger partial charge in [-0.2, -0.15) is 13.2 Å². The van der Waals surface area contributed by atoms with E-state index in [1.54, 1.807) is 19.1 Å². The summed E-state index contributed by atoms with van der Waals surface area (Å²) < 4.78 is 68.0. The van der Waals surface area contributed by atoms with Crippen molar-refractivity contribution in [1.29, 1.82) is 0 Å². The van der Waals surface area contributed by atoms with Gasteiger partial charge in [0.05, 0.1) is 17.1 Å². The minimum Gasteiger partial charge on any atom is -0.364 e. The molecule has 2 aromatic rings. The van der Waals surface area contributed by atoms with E-state index in [1.165, 1.54) is 36.4 Å². The van der Waals surface area contributed by atoms with Crippen LogP contribution in [0.2, 0.25) is 0 Å². The largest absolute Gasteiger partial charge is 0.421 e. The molecule has 0 aliphatic rings. The van der Waals surface area contributed by atoms with E-state index in [-0.39, 0.29) is 28.5 Å². The molecule has 9 heteroatoms.